The van der Waals surface area contributed by atoms with E-state index >= 15 is 0 Å². The Morgan fingerprint density at radius 3 is 1.21 bits per heavy atom. The molecule has 0 aliphatic carbocycles. The standard InChI is InChI=1S/C18H20N2O3.C16H15NO4.C15H24N4O4.C11H14N2O.C10H16N4O2.C10H14N2O.C10H16N2.C2H6O.CH4.CH3.HI.Pd.5H2S/c1-20(2)17(21)16(15-11-7-4-8-12-15)19-18(22)23-13-14-9-5-3-6-10-14;18-15(19)14(13-9-5-2-6-10-13)17-16(20)21-11-12-7-3-1-4-8-12;1-7-22-13(21)19-11(16)9-8-18(12(20)23-14(2,3)4)15(5,6)10(9)17-19;1-13(2)8-11(12-9-14)10-6-4-3-5-7-10;1-4-16-9(15)14-8(11)6-5-12-10(2,3)7(6)13-14;1-12(2)10(13)9(11)8-6-4-3-5-7-8;1-12(2)8-10(11)9-6-4-3-5-7-9;1-2-3;;;;;;;;;/h3-12,16H,13H2,1-2H3,(H,19,22);1-10,14H,11H2,(H,17,20)(H,18,19);7-8,16H2,1-6H3;3-7,11H,8H2,1-2H3;12H,4-5,11H2,1-3H3;3-7,9H,11H2,1-2H3;3-7,10H,8,11H2,1-2H3;3H,2H2,1H3;1H4;1H3;1H;;5*1H2/q;;;;;;;;;-1;;;;;;;/t16-;14-;;11-;;9-;10-;;;;;;;;;;/m00.1.01........../s1. The van der Waals surface area contributed by atoms with E-state index in [1.54, 1.807) is 102 Å². The molecule has 134 heavy (non-hydrogen) atoms. The summed E-state index contributed by atoms with van der Waals surface area (Å²) in [5, 5.41) is 33.5. The number of anilines is 2. The number of carbonyl (C=O) groups is 8. The molecule has 0 radical (unpaired) electrons. The number of nitrogen functional groups attached to an aromatic ring is 2. The molecule has 7 aromatic carbocycles. The number of alkyl carbamates (subject to hydrolysis) is 2. The zero-order valence-electron chi connectivity index (χ0n) is 79.1. The van der Waals surface area contributed by atoms with Crippen molar-refractivity contribution < 1.29 is 97.5 Å². The normalized spacial score (nSPS) is 12.4. The number of carboxylic acids is 1. The van der Waals surface area contributed by atoms with Crippen LogP contribution in [0.4, 0.5) is 35.6 Å². The quantitative estimate of drug-likeness (QED) is 0.00805. The van der Waals surface area contributed by atoms with Crippen LogP contribution in [0, 0.1) is 7.43 Å². The molecule has 33 nitrogen and oxygen atoms in total. The van der Waals surface area contributed by atoms with Crippen molar-refractivity contribution in [2.24, 2.45) is 16.5 Å². The van der Waals surface area contributed by atoms with Gasteiger partial charge in [-0.25, -0.2) is 33.6 Å². The number of aliphatic hydroxyl groups excluding tert-OH is 1. The van der Waals surface area contributed by atoms with Crippen LogP contribution in [0.25, 0.3) is 0 Å². The number of halogens is 1. The largest absolute Gasteiger partial charge is 0.479 e. The Kier molecular flexibility index (Phi) is 69.3. The van der Waals surface area contributed by atoms with Crippen molar-refractivity contribution in [2.45, 2.75) is 150 Å². The number of hydrogen-bond donors (Lipinski definition) is 9. The molecule has 5 atom stereocenters. The number of carbonyl (C=O) groups excluding carboxylic acids is 8. The monoisotopic (exact) mass is 2160 g/mol. The average molecular weight is 2160 g/mol. The molecular formula is C94H143IN17O16PdS5-. The maximum atomic E-state index is 12.4. The number of amides is 5. The first-order chi connectivity index (χ1) is 59.2. The topological polar surface area (TPSA) is 445 Å². The van der Waals surface area contributed by atoms with Gasteiger partial charge >= 0.3 is 36.4 Å². The Morgan fingerprint density at radius 2 is 0.866 bits per heavy atom. The fourth-order valence-corrected chi connectivity index (χ4v) is 11.9. The van der Waals surface area contributed by atoms with E-state index in [1.807, 2.05) is 239 Å². The third-order valence-corrected chi connectivity index (χ3v) is 18.1. The zero-order valence-corrected chi connectivity index (χ0v) is 88.0. The molecule has 2 aliphatic rings. The number of rotatable bonds is 21. The Labute approximate surface area is 856 Å². The number of aliphatic imine (C=N–C) groups is 1. The van der Waals surface area contributed by atoms with Gasteiger partial charge in [0.25, 0.3) is 0 Å². The van der Waals surface area contributed by atoms with Crippen LogP contribution in [0.3, 0.4) is 0 Å². The summed E-state index contributed by atoms with van der Waals surface area (Å²) in [4.78, 5) is 117. The van der Waals surface area contributed by atoms with Crippen molar-refractivity contribution in [2.75, 3.05) is 101 Å². The third kappa shape index (κ3) is 45.6. The Morgan fingerprint density at radius 1 is 0.522 bits per heavy atom. The van der Waals surface area contributed by atoms with E-state index in [0.29, 0.717) is 41.4 Å². The van der Waals surface area contributed by atoms with Crippen molar-refractivity contribution in [1.29, 1.82) is 0 Å². The van der Waals surface area contributed by atoms with Crippen LogP contribution in [0.5, 0.6) is 0 Å². The van der Waals surface area contributed by atoms with E-state index < -0.39 is 65.7 Å². The molecule has 5 amide bonds. The van der Waals surface area contributed by atoms with Crippen molar-refractivity contribution in [3.63, 3.8) is 0 Å². The van der Waals surface area contributed by atoms with Crippen LogP contribution in [-0.4, -0.2) is 203 Å². The molecule has 40 heteroatoms. The van der Waals surface area contributed by atoms with Crippen LogP contribution >= 0.6 is 91.5 Å². The number of fused-ring (bicyclic) bond motifs is 2. The van der Waals surface area contributed by atoms with Crippen molar-refractivity contribution >= 4 is 157 Å². The van der Waals surface area contributed by atoms with Gasteiger partial charge < -0.3 is 99.8 Å². The molecule has 13 N–H and O–H groups in total. The smallest absolute Gasteiger partial charge is 0.436 e. The van der Waals surface area contributed by atoms with Gasteiger partial charge in [-0.1, -0.05) is 220 Å². The fourth-order valence-electron chi connectivity index (χ4n) is 11.9. The molecule has 748 valence electrons. The molecule has 2 aromatic heterocycles. The maximum absolute atomic E-state index is 12.4. The SMILES string of the molecule is C.CCO.CCOC(=O)n1nc2c(c1N)CN(C(=O)OC(C)(C)C)C2(C)C.CCOC(=O)n1nc2c(c1N)CNC2(C)C.CN(C)C(=O)[C@@H](N)c1ccccc1.CN(C)C(=O)[C@@H](NC(=O)OCc1ccccc1)c1ccccc1.CN(C)C[C@@H](N)c1ccccc1.CN(C)C[C@@H](N=C=O)c1ccccc1.I.O=C(N[C@H](C(=O)O)c1ccccc1)OCc1ccccc1.S.S.S.S.S.[CH3-].[Pd]. The summed E-state index contributed by atoms with van der Waals surface area (Å²) in [6.45, 7) is 21.8. The zero-order chi connectivity index (χ0) is 93.2. The minimum absolute atomic E-state index is 0. The Balaban J connectivity index is -0.000000355. The molecule has 0 saturated carbocycles. The molecule has 0 fully saturated rings. The maximum Gasteiger partial charge on any atom is 0.436 e. The number of isocyanates is 1. The van der Waals surface area contributed by atoms with Gasteiger partial charge in [-0.15, -0.1) is 33.3 Å². The number of nitrogens with one attached hydrogen (secondary N) is 3. The minimum atomic E-state index is -1.14. The van der Waals surface area contributed by atoms with Crippen LogP contribution < -0.4 is 38.9 Å². The van der Waals surface area contributed by atoms with Gasteiger partial charge in [0.05, 0.1) is 42.2 Å². The van der Waals surface area contributed by atoms with Gasteiger partial charge in [0.2, 0.25) is 17.9 Å². The number of ether oxygens (including phenoxy) is 5. The second-order valence-corrected chi connectivity index (χ2v) is 31.0. The summed E-state index contributed by atoms with van der Waals surface area (Å²) in [6, 6.07) is 63.0. The number of nitrogens with zero attached hydrogens (tertiary/aromatic N) is 10. The van der Waals surface area contributed by atoms with Gasteiger partial charge in [0.15, 0.2) is 6.04 Å². The van der Waals surface area contributed by atoms with E-state index in [2.05, 4.69) is 48.2 Å². The van der Waals surface area contributed by atoms with Gasteiger partial charge in [-0.05, 0) is 136 Å². The van der Waals surface area contributed by atoms with E-state index in [-0.39, 0.29) is 195 Å². The van der Waals surface area contributed by atoms with Crippen LogP contribution in [0.2, 0.25) is 0 Å². The Hall–Kier alpha value is -10.00. The van der Waals surface area contributed by atoms with Crippen LogP contribution in [0.15, 0.2) is 217 Å². The molecule has 2 aliphatic heterocycles. The number of aromatic nitrogens is 4. The number of aliphatic carboxylic acids is 1. The van der Waals surface area contributed by atoms with Gasteiger partial charge in [0, 0.05) is 92.0 Å². The fraction of sp³-hybridized carbons (Fsp3) is 0.383. The number of hydrogen-bond acceptors (Lipinski definition) is 25. The first-order valence-corrected chi connectivity index (χ1v) is 40.4. The third-order valence-electron chi connectivity index (χ3n) is 18.1. The minimum Gasteiger partial charge on any atom is -0.479 e. The van der Waals surface area contributed by atoms with Gasteiger partial charge in [-0.2, -0.15) is 82.7 Å². The van der Waals surface area contributed by atoms with Crippen molar-refractivity contribution in [1.82, 2.24) is 60.0 Å². The van der Waals surface area contributed by atoms with E-state index in [4.69, 9.17) is 51.7 Å². The molecule has 4 heterocycles. The number of aliphatic hydroxyl groups is 1. The summed E-state index contributed by atoms with van der Waals surface area (Å²) < 4.78 is 27.6. The summed E-state index contributed by atoms with van der Waals surface area (Å²) in [7, 11) is 14.7. The van der Waals surface area contributed by atoms with Crippen LogP contribution in [-0.2, 0) is 101 Å². The summed E-state index contributed by atoms with van der Waals surface area (Å²) in [5.41, 5.74) is 31.0. The number of nitrogens with two attached hydrogens (primary N) is 4. The number of likely N-dealkylation sites (N-methyl/N-ethyl adjacent to an activating group) is 4. The molecule has 9 aromatic rings. The van der Waals surface area contributed by atoms with Crippen LogP contribution in [0.1, 0.15) is 168 Å². The molecule has 0 spiro atoms. The average Bonchev–Trinajstić information content (AvgIpc) is 1.54. The molecule has 11 rings (SSSR count). The number of benzene rings is 7. The molecular weight excluding hydrogens is 2020 g/mol. The number of carboxylic acid groups (broad SMARTS) is 1. The first-order valence-electron chi connectivity index (χ1n) is 40.4. The Bertz CT molecular complexity index is 4870. The van der Waals surface area contributed by atoms with Crippen molar-refractivity contribution in [3.05, 3.63) is 281 Å². The van der Waals surface area contributed by atoms with E-state index in [0.717, 1.165) is 56.0 Å². The van der Waals surface area contributed by atoms with Crippen molar-refractivity contribution in [3.8, 4) is 0 Å². The van der Waals surface area contributed by atoms with E-state index in [9.17, 15) is 48.3 Å². The molecule has 0 saturated heterocycles. The summed E-state index contributed by atoms with van der Waals surface area (Å²) in [6.07, 6.45) is -1.37. The predicted octanol–water partition coefficient (Wildman–Crippen LogP) is 14.7. The summed E-state index contributed by atoms with van der Waals surface area (Å²) in [5.74, 6) is -0.874. The second-order valence-electron chi connectivity index (χ2n) is 31.0. The molecule has 0 unspecified atom stereocenters. The summed E-state index contributed by atoms with van der Waals surface area (Å²) >= 11 is 0. The predicted molar refractivity (Wildman–Crippen MR) is 560 cm³/mol. The van der Waals surface area contributed by atoms with Gasteiger partial charge in [0.1, 0.15) is 48.6 Å². The second kappa shape index (κ2) is 68.9. The van der Waals surface area contributed by atoms with Gasteiger partial charge in [-0.3, -0.25) is 14.5 Å². The molecule has 0 bridgehead atoms. The first kappa shape index (κ1) is 135. The van der Waals surface area contributed by atoms with E-state index in [1.165, 1.54) is 15.4 Å².